The molecule has 0 aromatic heterocycles. The van der Waals surface area contributed by atoms with Crippen molar-refractivity contribution < 1.29 is 14.5 Å². The number of rotatable bonds is 8. The maximum absolute atomic E-state index is 12.2. The number of nitrogens with one attached hydrogen (secondary N) is 1. The third-order valence-corrected chi connectivity index (χ3v) is 5.04. The van der Waals surface area contributed by atoms with Crippen molar-refractivity contribution in [3.05, 3.63) is 63.7 Å². The second-order valence-electron chi connectivity index (χ2n) is 6.72. The zero-order valence-corrected chi connectivity index (χ0v) is 16.7. The average molecular weight is 419 g/mol. The molecule has 1 amide bonds. The van der Waals surface area contributed by atoms with Crippen LogP contribution in [-0.4, -0.2) is 66.5 Å². The monoisotopic (exact) mass is 418 g/mol. The van der Waals surface area contributed by atoms with Gasteiger partial charge in [-0.25, -0.2) is 0 Å². The van der Waals surface area contributed by atoms with E-state index in [2.05, 4.69) is 15.1 Å². The van der Waals surface area contributed by atoms with Crippen molar-refractivity contribution in [3.63, 3.8) is 0 Å². The summed E-state index contributed by atoms with van der Waals surface area (Å²) in [6.45, 7) is 4.50. The van der Waals surface area contributed by atoms with Crippen molar-refractivity contribution >= 4 is 28.9 Å². The molecule has 1 N–H and O–H groups in total. The lowest BCUT2D eigenvalue weighted by Gasteiger charge is -2.34. The second kappa shape index (κ2) is 10.2. The highest BCUT2D eigenvalue weighted by molar-refractivity contribution is 6.33. The number of piperazine rings is 1. The van der Waals surface area contributed by atoms with Crippen LogP contribution in [-0.2, 0) is 4.79 Å². The van der Waals surface area contributed by atoms with Crippen molar-refractivity contribution in [1.82, 2.24) is 9.80 Å². The standard InChI is InChI=1S/C20H23ClN4O4/c21-16-5-1-2-6-17(16)22-20(26)15-24-11-9-23(10-12-24)13-14-29-19-8-4-3-7-18(19)25(27)28/h1-8H,9-15H2,(H,22,26). The summed E-state index contributed by atoms with van der Waals surface area (Å²) in [6, 6.07) is 13.5. The number of nitro groups is 1. The number of hydrogen-bond donors (Lipinski definition) is 1. The summed E-state index contributed by atoms with van der Waals surface area (Å²) in [7, 11) is 0. The van der Waals surface area contributed by atoms with Gasteiger partial charge in [0.15, 0.2) is 5.75 Å². The zero-order chi connectivity index (χ0) is 20.6. The number of anilines is 1. The lowest BCUT2D eigenvalue weighted by Crippen LogP contribution is -2.49. The zero-order valence-electron chi connectivity index (χ0n) is 15.9. The van der Waals surface area contributed by atoms with Gasteiger partial charge in [-0.3, -0.25) is 24.7 Å². The minimum Gasteiger partial charge on any atom is -0.485 e. The molecule has 0 spiro atoms. The van der Waals surface area contributed by atoms with Crippen LogP contribution in [0.3, 0.4) is 0 Å². The van der Waals surface area contributed by atoms with E-state index in [0.29, 0.717) is 30.4 Å². The molecular formula is C20H23ClN4O4. The minimum atomic E-state index is -0.443. The average Bonchev–Trinajstić information content (AvgIpc) is 2.71. The van der Waals surface area contributed by atoms with Gasteiger partial charge in [0.05, 0.1) is 22.2 Å². The summed E-state index contributed by atoms with van der Waals surface area (Å²) >= 11 is 6.07. The summed E-state index contributed by atoms with van der Waals surface area (Å²) < 4.78 is 5.60. The normalized spacial score (nSPS) is 15.1. The van der Waals surface area contributed by atoms with Crippen LogP contribution >= 0.6 is 11.6 Å². The highest BCUT2D eigenvalue weighted by Crippen LogP contribution is 2.25. The van der Waals surface area contributed by atoms with E-state index in [0.717, 1.165) is 26.2 Å². The quantitative estimate of drug-likeness (QED) is 0.524. The molecule has 0 saturated carbocycles. The summed E-state index contributed by atoms with van der Waals surface area (Å²) in [5.74, 6) is 0.193. The molecule has 1 fully saturated rings. The second-order valence-corrected chi connectivity index (χ2v) is 7.13. The Morgan fingerprint density at radius 2 is 1.72 bits per heavy atom. The number of carbonyl (C=O) groups is 1. The Balaban J connectivity index is 1.38. The first-order chi connectivity index (χ1) is 14.0. The van der Waals surface area contributed by atoms with Crippen molar-refractivity contribution in [3.8, 4) is 5.75 Å². The predicted molar refractivity (Wildman–Crippen MR) is 112 cm³/mol. The molecule has 154 valence electrons. The number of amides is 1. The Hall–Kier alpha value is -2.68. The van der Waals surface area contributed by atoms with Crippen LogP contribution in [0.5, 0.6) is 5.75 Å². The molecule has 29 heavy (non-hydrogen) atoms. The number of carbonyl (C=O) groups excluding carboxylic acids is 1. The van der Waals surface area contributed by atoms with Gasteiger partial charge >= 0.3 is 5.69 Å². The molecule has 0 radical (unpaired) electrons. The number of halogens is 1. The number of para-hydroxylation sites is 3. The molecule has 9 heteroatoms. The smallest absolute Gasteiger partial charge is 0.310 e. The molecule has 0 unspecified atom stereocenters. The van der Waals surface area contributed by atoms with Crippen LogP contribution in [0.25, 0.3) is 0 Å². The van der Waals surface area contributed by atoms with Crippen LogP contribution < -0.4 is 10.1 Å². The van der Waals surface area contributed by atoms with E-state index in [1.54, 1.807) is 30.3 Å². The molecule has 1 aliphatic heterocycles. The number of hydrogen-bond acceptors (Lipinski definition) is 6. The summed E-state index contributed by atoms with van der Waals surface area (Å²) in [4.78, 5) is 27.1. The van der Waals surface area contributed by atoms with Crippen molar-refractivity contribution in [2.45, 2.75) is 0 Å². The van der Waals surface area contributed by atoms with Gasteiger partial charge in [-0.1, -0.05) is 35.9 Å². The molecule has 0 atom stereocenters. The fourth-order valence-corrected chi connectivity index (χ4v) is 3.32. The summed E-state index contributed by atoms with van der Waals surface area (Å²) in [5.41, 5.74) is 0.590. The summed E-state index contributed by atoms with van der Waals surface area (Å²) in [5, 5.41) is 14.4. The SMILES string of the molecule is O=C(CN1CCN(CCOc2ccccc2[N+](=O)[O-])CC1)Nc1ccccc1Cl. The Labute approximate surface area is 174 Å². The highest BCUT2D eigenvalue weighted by Gasteiger charge is 2.20. The molecule has 0 bridgehead atoms. The van der Waals surface area contributed by atoms with Crippen molar-refractivity contribution in [1.29, 1.82) is 0 Å². The first-order valence-corrected chi connectivity index (χ1v) is 9.76. The van der Waals surface area contributed by atoms with Crippen LogP contribution in [0.2, 0.25) is 5.02 Å². The highest BCUT2D eigenvalue weighted by atomic mass is 35.5. The van der Waals surface area contributed by atoms with Gasteiger partial charge in [-0.15, -0.1) is 0 Å². The van der Waals surface area contributed by atoms with E-state index in [4.69, 9.17) is 16.3 Å². The maximum atomic E-state index is 12.2. The third kappa shape index (κ3) is 6.15. The van der Waals surface area contributed by atoms with Crippen LogP contribution in [0.15, 0.2) is 48.5 Å². The van der Waals surface area contributed by atoms with Gasteiger partial charge in [0.1, 0.15) is 6.61 Å². The molecule has 3 rings (SSSR count). The van der Waals surface area contributed by atoms with Gasteiger partial charge in [-0.2, -0.15) is 0 Å². The topological polar surface area (TPSA) is 88.0 Å². The first-order valence-electron chi connectivity index (χ1n) is 9.38. The van der Waals surface area contributed by atoms with Gasteiger partial charge in [0, 0.05) is 38.8 Å². The van der Waals surface area contributed by atoms with Gasteiger partial charge in [0.2, 0.25) is 5.91 Å². The number of nitro benzene ring substituents is 1. The molecular weight excluding hydrogens is 396 g/mol. The number of benzene rings is 2. The molecule has 1 aliphatic rings. The van der Waals surface area contributed by atoms with Crippen LogP contribution in [0, 0.1) is 10.1 Å². The predicted octanol–water partition coefficient (Wildman–Crippen LogP) is 2.88. The summed E-state index contributed by atoms with van der Waals surface area (Å²) in [6.07, 6.45) is 0. The van der Waals surface area contributed by atoms with Crippen molar-refractivity contribution in [2.24, 2.45) is 0 Å². The number of ether oxygens (including phenoxy) is 1. The lowest BCUT2D eigenvalue weighted by molar-refractivity contribution is -0.385. The Bertz CT molecular complexity index is 856. The number of nitrogens with zero attached hydrogens (tertiary/aromatic N) is 3. The van der Waals surface area contributed by atoms with E-state index in [9.17, 15) is 14.9 Å². The lowest BCUT2D eigenvalue weighted by atomic mass is 10.3. The third-order valence-electron chi connectivity index (χ3n) is 4.71. The Kier molecular flexibility index (Phi) is 7.40. The molecule has 8 nitrogen and oxygen atoms in total. The fraction of sp³-hybridized carbons (Fsp3) is 0.350. The molecule has 1 saturated heterocycles. The van der Waals surface area contributed by atoms with E-state index < -0.39 is 4.92 Å². The van der Waals surface area contributed by atoms with Crippen molar-refractivity contribution in [2.75, 3.05) is 51.2 Å². The molecule has 2 aromatic rings. The Morgan fingerprint density at radius 1 is 1.07 bits per heavy atom. The van der Waals surface area contributed by atoms with Gasteiger partial charge < -0.3 is 10.1 Å². The largest absolute Gasteiger partial charge is 0.485 e. The first kappa shape index (κ1) is 21.0. The van der Waals surface area contributed by atoms with E-state index in [1.165, 1.54) is 6.07 Å². The fourth-order valence-electron chi connectivity index (χ4n) is 3.14. The molecule has 2 aromatic carbocycles. The molecule has 1 heterocycles. The van der Waals surface area contributed by atoms with Crippen LogP contribution in [0.4, 0.5) is 11.4 Å². The van der Waals surface area contributed by atoms with E-state index >= 15 is 0 Å². The van der Waals surface area contributed by atoms with E-state index in [1.807, 2.05) is 12.1 Å². The Morgan fingerprint density at radius 3 is 2.45 bits per heavy atom. The minimum absolute atomic E-state index is 0.0261. The maximum Gasteiger partial charge on any atom is 0.310 e. The molecule has 0 aliphatic carbocycles. The van der Waals surface area contributed by atoms with E-state index in [-0.39, 0.29) is 17.3 Å². The van der Waals surface area contributed by atoms with Gasteiger partial charge in [-0.05, 0) is 18.2 Å². The van der Waals surface area contributed by atoms with Gasteiger partial charge in [0.25, 0.3) is 0 Å². The van der Waals surface area contributed by atoms with Crippen LogP contribution in [0.1, 0.15) is 0 Å².